The quantitative estimate of drug-likeness (QED) is 0.887. The van der Waals surface area contributed by atoms with Crippen molar-refractivity contribution in [3.63, 3.8) is 0 Å². The first kappa shape index (κ1) is 15.2. The Labute approximate surface area is 133 Å². The van der Waals surface area contributed by atoms with E-state index in [2.05, 4.69) is 24.1 Å². The van der Waals surface area contributed by atoms with Gasteiger partial charge in [0, 0.05) is 30.3 Å². The zero-order valence-electron chi connectivity index (χ0n) is 13.2. The normalized spacial score (nSPS) is 28.9. The smallest absolute Gasteiger partial charge is 0.0459 e. The van der Waals surface area contributed by atoms with Crippen LogP contribution in [-0.2, 0) is 6.42 Å². The van der Waals surface area contributed by atoms with Gasteiger partial charge in [-0.2, -0.15) is 0 Å². The molecule has 0 radical (unpaired) electrons. The van der Waals surface area contributed by atoms with Gasteiger partial charge in [-0.05, 0) is 68.1 Å². The highest BCUT2D eigenvalue weighted by molar-refractivity contribution is 6.31. The molecule has 2 N–H and O–H groups in total. The molecule has 0 aromatic heterocycles. The van der Waals surface area contributed by atoms with Crippen LogP contribution < -0.4 is 10.6 Å². The minimum absolute atomic E-state index is 0.138. The van der Waals surface area contributed by atoms with E-state index >= 15 is 0 Å². The highest BCUT2D eigenvalue weighted by Gasteiger charge is 2.39. The summed E-state index contributed by atoms with van der Waals surface area (Å²) in [5.74, 6) is 2.85. The number of rotatable bonds is 5. The molecule has 21 heavy (non-hydrogen) atoms. The van der Waals surface area contributed by atoms with Crippen LogP contribution in [0.25, 0.3) is 0 Å². The average molecular weight is 307 g/mol. The minimum atomic E-state index is 0.138. The van der Waals surface area contributed by atoms with E-state index < -0.39 is 0 Å². The lowest BCUT2D eigenvalue weighted by Gasteiger charge is -2.30. The summed E-state index contributed by atoms with van der Waals surface area (Å²) in [4.78, 5) is 2.41. The van der Waals surface area contributed by atoms with Gasteiger partial charge in [0.2, 0.25) is 0 Å². The fourth-order valence-corrected chi connectivity index (χ4v) is 4.73. The second kappa shape index (κ2) is 6.18. The van der Waals surface area contributed by atoms with Gasteiger partial charge in [-0.1, -0.05) is 24.1 Å². The molecule has 2 fully saturated rings. The SMILES string of the molecule is CC(N)Cc1c(Cl)cccc1N(C)CC1CC2CCC1C2. The maximum atomic E-state index is 6.41. The van der Waals surface area contributed by atoms with E-state index in [4.69, 9.17) is 17.3 Å². The maximum absolute atomic E-state index is 6.41. The number of anilines is 1. The van der Waals surface area contributed by atoms with Gasteiger partial charge < -0.3 is 10.6 Å². The molecule has 0 heterocycles. The van der Waals surface area contributed by atoms with Crippen LogP contribution in [0, 0.1) is 17.8 Å². The Hall–Kier alpha value is -0.730. The van der Waals surface area contributed by atoms with E-state index in [-0.39, 0.29) is 6.04 Å². The highest BCUT2D eigenvalue weighted by Crippen LogP contribution is 2.48. The third-order valence-electron chi connectivity index (χ3n) is 5.42. The van der Waals surface area contributed by atoms with Crippen LogP contribution in [0.1, 0.15) is 38.2 Å². The molecule has 0 spiro atoms. The summed E-state index contributed by atoms with van der Waals surface area (Å²) in [6, 6.07) is 6.37. The number of nitrogens with two attached hydrogens (primary N) is 1. The number of benzene rings is 1. The standard InChI is InChI=1S/C18H27ClN2/c1-12(20)8-16-17(19)4-3-5-18(16)21(2)11-15-10-13-6-7-14(15)9-13/h3-5,12-15H,6-11,20H2,1-2H3. The fourth-order valence-electron chi connectivity index (χ4n) is 4.48. The molecule has 2 aliphatic rings. The zero-order valence-corrected chi connectivity index (χ0v) is 13.9. The number of halogens is 1. The molecule has 1 aromatic rings. The predicted molar refractivity (Wildman–Crippen MR) is 91.0 cm³/mol. The third kappa shape index (κ3) is 3.22. The Balaban J connectivity index is 1.74. The number of fused-ring (bicyclic) bond motifs is 2. The first-order valence-electron chi connectivity index (χ1n) is 8.28. The van der Waals surface area contributed by atoms with Crippen molar-refractivity contribution in [1.82, 2.24) is 0 Å². The summed E-state index contributed by atoms with van der Waals surface area (Å²) in [5.41, 5.74) is 8.47. The number of hydrogen-bond acceptors (Lipinski definition) is 2. The molecule has 2 saturated carbocycles. The summed E-state index contributed by atoms with van der Waals surface area (Å²) >= 11 is 6.41. The molecule has 4 unspecified atom stereocenters. The van der Waals surface area contributed by atoms with E-state index in [1.54, 1.807) is 0 Å². The molecule has 4 atom stereocenters. The fraction of sp³-hybridized carbons (Fsp3) is 0.667. The van der Waals surface area contributed by atoms with Crippen LogP contribution in [0.4, 0.5) is 5.69 Å². The molecule has 0 saturated heterocycles. The van der Waals surface area contributed by atoms with E-state index in [1.165, 1.54) is 36.9 Å². The second-order valence-corrected chi connectivity index (χ2v) is 7.64. The van der Waals surface area contributed by atoms with Crippen molar-refractivity contribution in [1.29, 1.82) is 0 Å². The Morgan fingerprint density at radius 2 is 2.14 bits per heavy atom. The van der Waals surface area contributed by atoms with Crippen molar-refractivity contribution in [2.75, 3.05) is 18.5 Å². The summed E-state index contributed by atoms with van der Waals surface area (Å²) in [7, 11) is 2.21. The third-order valence-corrected chi connectivity index (χ3v) is 5.78. The molecule has 2 aliphatic carbocycles. The summed E-state index contributed by atoms with van der Waals surface area (Å²) in [6.07, 6.45) is 6.67. The maximum Gasteiger partial charge on any atom is 0.0459 e. The van der Waals surface area contributed by atoms with Crippen LogP contribution in [0.15, 0.2) is 18.2 Å². The van der Waals surface area contributed by atoms with Gasteiger partial charge in [0.25, 0.3) is 0 Å². The van der Waals surface area contributed by atoms with Crippen LogP contribution in [-0.4, -0.2) is 19.6 Å². The Kier molecular flexibility index (Phi) is 4.46. The van der Waals surface area contributed by atoms with Crippen molar-refractivity contribution in [3.8, 4) is 0 Å². The first-order valence-corrected chi connectivity index (χ1v) is 8.66. The molecule has 0 aliphatic heterocycles. The van der Waals surface area contributed by atoms with Crippen molar-refractivity contribution < 1.29 is 0 Å². The summed E-state index contributed by atoms with van der Waals surface area (Å²) in [6.45, 7) is 3.20. The molecule has 3 rings (SSSR count). The predicted octanol–water partition coefficient (Wildman–Crippen LogP) is 4.10. The Morgan fingerprint density at radius 3 is 2.76 bits per heavy atom. The molecular formula is C18H27ClN2. The Morgan fingerprint density at radius 1 is 1.33 bits per heavy atom. The molecule has 2 bridgehead atoms. The van der Waals surface area contributed by atoms with E-state index in [9.17, 15) is 0 Å². The lowest BCUT2D eigenvalue weighted by atomic mass is 9.88. The van der Waals surface area contributed by atoms with E-state index in [0.717, 1.165) is 35.7 Å². The van der Waals surface area contributed by atoms with E-state index in [0.29, 0.717) is 0 Å². The molecule has 2 nitrogen and oxygen atoms in total. The molecule has 0 amide bonds. The van der Waals surface area contributed by atoms with Crippen LogP contribution in [0.2, 0.25) is 5.02 Å². The molecule has 1 aromatic carbocycles. The Bertz CT molecular complexity index is 500. The molecular weight excluding hydrogens is 280 g/mol. The summed E-state index contributed by atoms with van der Waals surface area (Å²) in [5, 5.41) is 0.851. The lowest BCUT2D eigenvalue weighted by Crippen LogP contribution is -2.30. The van der Waals surface area contributed by atoms with Crippen LogP contribution in [0.3, 0.4) is 0 Å². The second-order valence-electron chi connectivity index (χ2n) is 7.23. The van der Waals surface area contributed by atoms with Crippen molar-refractivity contribution in [3.05, 3.63) is 28.8 Å². The van der Waals surface area contributed by atoms with Gasteiger partial charge in [0.15, 0.2) is 0 Å². The monoisotopic (exact) mass is 306 g/mol. The van der Waals surface area contributed by atoms with Gasteiger partial charge in [-0.3, -0.25) is 0 Å². The van der Waals surface area contributed by atoms with Gasteiger partial charge in [0.1, 0.15) is 0 Å². The molecule has 116 valence electrons. The van der Waals surface area contributed by atoms with E-state index in [1.807, 2.05) is 13.0 Å². The topological polar surface area (TPSA) is 29.3 Å². The number of nitrogens with zero attached hydrogens (tertiary/aromatic N) is 1. The first-order chi connectivity index (χ1) is 10.0. The lowest BCUT2D eigenvalue weighted by molar-refractivity contribution is 0.337. The average Bonchev–Trinajstić information content (AvgIpc) is 3.02. The summed E-state index contributed by atoms with van der Waals surface area (Å²) < 4.78 is 0. The molecule has 3 heteroatoms. The largest absolute Gasteiger partial charge is 0.374 e. The highest BCUT2D eigenvalue weighted by atomic mass is 35.5. The van der Waals surface area contributed by atoms with Gasteiger partial charge in [-0.15, -0.1) is 0 Å². The zero-order chi connectivity index (χ0) is 15.0. The van der Waals surface area contributed by atoms with Gasteiger partial charge in [0.05, 0.1) is 0 Å². The number of hydrogen-bond donors (Lipinski definition) is 1. The van der Waals surface area contributed by atoms with Crippen molar-refractivity contribution in [2.24, 2.45) is 23.5 Å². The van der Waals surface area contributed by atoms with Crippen LogP contribution in [0.5, 0.6) is 0 Å². The van der Waals surface area contributed by atoms with Crippen molar-refractivity contribution in [2.45, 2.75) is 45.1 Å². The van der Waals surface area contributed by atoms with Crippen LogP contribution >= 0.6 is 11.6 Å². The minimum Gasteiger partial charge on any atom is -0.374 e. The van der Waals surface area contributed by atoms with Crippen molar-refractivity contribution >= 4 is 17.3 Å². The van der Waals surface area contributed by atoms with Gasteiger partial charge in [-0.25, -0.2) is 0 Å². The van der Waals surface area contributed by atoms with Gasteiger partial charge >= 0.3 is 0 Å².